The molecular formula is C19H23ClN2O4. The maximum Gasteiger partial charge on any atom is 0.337 e. The van der Waals surface area contributed by atoms with E-state index in [0.29, 0.717) is 48.0 Å². The number of ether oxygens (including phenoxy) is 1. The molecule has 7 heteroatoms. The third kappa shape index (κ3) is 4.55. The Morgan fingerprint density at radius 3 is 2.19 bits per heavy atom. The number of hydrogen-bond acceptors (Lipinski definition) is 4. The molecule has 0 aliphatic heterocycles. The summed E-state index contributed by atoms with van der Waals surface area (Å²) in [5, 5.41) is 6.21. The highest BCUT2D eigenvalue weighted by Gasteiger charge is 2.32. The van der Waals surface area contributed by atoms with E-state index in [1.807, 2.05) is 0 Å². The van der Waals surface area contributed by atoms with Crippen LogP contribution in [0.4, 0.5) is 5.69 Å². The van der Waals surface area contributed by atoms with Crippen LogP contribution in [0.3, 0.4) is 0 Å². The van der Waals surface area contributed by atoms with E-state index < -0.39 is 5.97 Å². The van der Waals surface area contributed by atoms with Gasteiger partial charge in [0.2, 0.25) is 11.8 Å². The fourth-order valence-corrected chi connectivity index (χ4v) is 3.43. The molecule has 2 aliphatic rings. The zero-order chi connectivity index (χ0) is 18.7. The minimum absolute atomic E-state index is 0.00545. The van der Waals surface area contributed by atoms with Crippen LogP contribution in [-0.2, 0) is 14.3 Å². The highest BCUT2D eigenvalue weighted by atomic mass is 35.5. The van der Waals surface area contributed by atoms with Crippen molar-refractivity contribution in [1.82, 2.24) is 5.32 Å². The van der Waals surface area contributed by atoms with E-state index in [0.717, 1.165) is 12.8 Å². The first-order chi connectivity index (χ1) is 12.5. The van der Waals surface area contributed by atoms with Crippen molar-refractivity contribution in [2.24, 2.45) is 11.8 Å². The molecule has 1 aromatic rings. The minimum atomic E-state index is -0.487. The molecule has 1 aromatic carbocycles. The SMILES string of the molecule is COC(=O)c1ccc(Cl)c(NC(=O)C2CCC(C(=O)NC3CC3)CC2)c1. The molecule has 0 saturated heterocycles. The van der Waals surface area contributed by atoms with E-state index in [1.54, 1.807) is 12.1 Å². The predicted molar refractivity (Wildman–Crippen MR) is 98.0 cm³/mol. The Kier molecular flexibility index (Phi) is 5.81. The van der Waals surface area contributed by atoms with Gasteiger partial charge in [0.15, 0.2) is 0 Å². The van der Waals surface area contributed by atoms with E-state index in [9.17, 15) is 14.4 Å². The van der Waals surface area contributed by atoms with Crippen LogP contribution in [0, 0.1) is 11.8 Å². The molecule has 0 unspecified atom stereocenters. The van der Waals surface area contributed by atoms with E-state index in [1.165, 1.54) is 13.2 Å². The minimum Gasteiger partial charge on any atom is -0.465 e. The number of rotatable bonds is 5. The Morgan fingerprint density at radius 1 is 1.00 bits per heavy atom. The first kappa shape index (κ1) is 18.7. The summed E-state index contributed by atoms with van der Waals surface area (Å²) in [6, 6.07) is 4.99. The zero-order valence-corrected chi connectivity index (χ0v) is 15.5. The van der Waals surface area contributed by atoms with Gasteiger partial charge in [-0.25, -0.2) is 4.79 Å². The van der Waals surface area contributed by atoms with Gasteiger partial charge in [0.05, 0.1) is 23.4 Å². The third-order valence-electron chi connectivity index (χ3n) is 5.04. The summed E-state index contributed by atoms with van der Waals surface area (Å²) < 4.78 is 4.69. The maximum atomic E-state index is 12.5. The molecule has 26 heavy (non-hydrogen) atoms. The molecule has 6 nitrogen and oxygen atoms in total. The van der Waals surface area contributed by atoms with Crippen molar-refractivity contribution in [1.29, 1.82) is 0 Å². The van der Waals surface area contributed by atoms with Crippen LogP contribution in [0.2, 0.25) is 5.02 Å². The average Bonchev–Trinajstić information content (AvgIpc) is 3.46. The van der Waals surface area contributed by atoms with E-state index in [4.69, 9.17) is 11.6 Å². The lowest BCUT2D eigenvalue weighted by Crippen LogP contribution is -2.36. The van der Waals surface area contributed by atoms with Gasteiger partial charge in [-0.05, 0) is 56.7 Å². The molecule has 0 radical (unpaired) electrons. The Bertz CT molecular complexity index is 709. The van der Waals surface area contributed by atoms with Crippen LogP contribution < -0.4 is 10.6 Å². The summed E-state index contributed by atoms with van der Waals surface area (Å²) in [4.78, 5) is 36.3. The van der Waals surface area contributed by atoms with Gasteiger partial charge in [-0.1, -0.05) is 11.6 Å². The van der Waals surface area contributed by atoms with Gasteiger partial charge in [0, 0.05) is 17.9 Å². The molecule has 2 saturated carbocycles. The van der Waals surface area contributed by atoms with Crippen molar-refractivity contribution in [3.8, 4) is 0 Å². The maximum absolute atomic E-state index is 12.5. The number of halogens is 1. The average molecular weight is 379 g/mol. The molecule has 2 fully saturated rings. The Hall–Kier alpha value is -2.08. The number of carbonyl (C=O) groups excluding carboxylic acids is 3. The molecule has 0 aromatic heterocycles. The van der Waals surface area contributed by atoms with E-state index in [2.05, 4.69) is 15.4 Å². The first-order valence-electron chi connectivity index (χ1n) is 8.97. The molecule has 2 aliphatic carbocycles. The standard InChI is InChI=1S/C19H23ClN2O4/c1-26-19(25)13-6-9-15(20)16(10-13)22-18(24)12-4-2-11(3-5-12)17(23)21-14-7-8-14/h6,9-12,14H,2-5,7-8H2,1H3,(H,21,23)(H,22,24). The summed E-state index contributed by atoms with van der Waals surface area (Å²) in [6.45, 7) is 0. The molecule has 0 spiro atoms. The second-order valence-corrected chi connectivity index (χ2v) is 7.41. The van der Waals surface area contributed by atoms with Gasteiger partial charge in [0.25, 0.3) is 0 Å². The van der Waals surface area contributed by atoms with Crippen molar-refractivity contribution < 1.29 is 19.1 Å². The lowest BCUT2D eigenvalue weighted by Gasteiger charge is -2.27. The third-order valence-corrected chi connectivity index (χ3v) is 5.37. The number of nitrogens with one attached hydrogen (secondary N) is 2. The molecule has 0 atom stereocenters. The van der Waals surface area contributed by atoms with Gasteiger partial charge in [0.1, 0.15) is 0 Å². The largest absolute Gasteiger partial charge is 0.465 e. The number of methoxy groups -OCH3 is 1. The number of esters is 1. The van der Waals surface area contributed by atoms with Crippen LogP contribution in [0.1, 0.15) is 48.9 Å². The van der Waals surface area contributed by atoms with E-state index >= 15 is 0 Å². The summed E-state index contributed by atoms with van der Waals surface area (Å²) in [5.41, 5.74) is 0.723. The number of amides is 2. The van der Waals surface area contributed by atoms with Crippen molar-refractivity contribution in [2.75, 3.05) is 12.4 Å². The van der Waals surface area contributed by atoms with Crippen molar-refractivity contribution in [3.05, 3.63) is 28.8 Å². The lowest BCUT2D eigenvalue weighted by molar-refractivity contribution is -0.128. The molecule has 2 amide bonds. The second kappa shape index (κ2) is 8.08. The van der Waals surface area contributed by atoms with Crippen LogP contribution in [0.5, 0.6) is 0 Å². The second-order valence-electron chi connectivity index (χ2n) is 7.01. The van der Waals surface area contributed by atoms with Crippen LogP contribution in [-0.4, -0.2) is 30.9 Å². The van der Waals surface area contributed by atoms with Crippen LogP contribution in [0.15, 0.2) is 18.2 Å². The first-order valence-corrected chi connectivity index (χ1v) is 9.35. The van der Waals surface area contributed by atoms with Crippen molar-refractivity contribution in [3.63, 3.8) is 0 Å². The molecule has 2 N–H and O–H groups in total. The Labute approximate surface area is 157 Å². The Balaban J connectivity index is 1.55. The van der Waals surface area contributed by atoms with Crippen molar-refractivity contribution in [2.45, 2.75) is 44.6 Å². The van der Waals surface area contributed by atoms with Gasteiger partial charge in [-0.3, -0.25) is 9.59 Å². The van der Waals surface area contributed by atoms with Gasteiger partial charge >= 0.3 is 5.97 Å². The zero-order valence-electron chi connectivity index (χ0n) is 14.7. The normalized spacial score (nSPS) is 22.4. The summed E-state index contributed by atoms with van der Waals surface area (Å²) in [7, 11) is 1.30. The Morgan fingerprint density at radius 2 is 1.62 bits per heavy atom. The topological polar surface area (TPSA) is 84.5 Å². The van der Waals surface area contributed by atoms with Gasteiger partial charge in [-0.2, -0.15) is 0 Å². The summed E-state index contributed by atoms with van der Waals surface area (Å²) in [6.07, 6.45) is 4.93. The highest BCUT2D eigenvalue weighted by molar-refractivity contribution is 6.33. The lowest BCUT2D eigenvalue weighted by atomic mass is 9.81. The monoisotopic (exact) mass is 378 g/mol. The van der Waals surface area contributed by atoms with Gasteiger partial charge < -0.3 is 15.4 Å². The molecular weight excluding hydrogens is 356 g/mol. The fourth-order valence-electron chi connectivity index (χ4n) is 3.27. The summed E-state index contributed by atoms with van der Waals surface area (Å²) >= 11 is 6.13. The fraction of sp³-hybridized carbons (Fsp3) is 0.526. The smallest absolute Gasteiger partial charge is 0.337 e. The number of anilines is 1. The molecule has 0 heterocycles. The van der Waals surface area contributed by atoms with Crippen LogP contribution in [0.25, 0.3) is 0 Å². The van der Waals surface area contributed by atoms with Crippen LogP contribution >= 0.6 is 11.6 Å². The highest BCUT2D eigenvalue weighted by Crippen LogP contribution is 2.32. The molecule has 0 bridgehead atoms. The number of carbonyl (C=O) groups is 3. The number of hydrogen-bond donors (Lipinski definition) is 2. The van der Waals surface area contributed by atoms with Gasteiger partial charge in [-0.15, -0.1) is 0 Å². The molecule has 140 valence electrons. The molecule has 3 rings (SSSR count). The predicted octanol–water partition coefficient (Wildman–Crippen LogP) is 3.15. The number of benzene rings is 1. The quantitative estimate of drug-likeness (QED) is 0.771. The van der Waals surface area contributed by atoms with E-state index in [-0.39, 0.29) is 23.7 Å². The van der Waals surface area contributed by atoms with Crippen molar-refractivity contribution >= 4 is 35.1 Å². The summed E-state index contributed by atoms with van der Waals surface area (Å²) in [5.74, 6) is -0.641.